The first-order valence-corrected chi connectivity index (χ1v) is 7.92. The molecule has 8 nitrogen and oxygen atoms in total. The third-order valence-electron chi connectivity index (χ3n) is 3.71. The van der Waals surface area contributed by atoms with Crippen molar-refractivity contribution >= 4 is 17.5 Å². The van der Waals surface area contributed by atoms with Crippen LogP contribution in [0.2, 0.25) is 0 Å². The molecule has 8 heteroatoms. The van der Waals surface area contributed by atoms with E-state index in [1.807, 2.05) is 51.2 Å². The van der Waals surface area contributed by atoms with E-state index in [1.165, 1.54) is 0 Å². The molecule has 4 N–H and O–H groups in total. The molecule has 2 aromatic rings. The van der Waals surface area contributed by atoms with Crippen LogP contribution < -0.4 is 16.4 Å². The van der Waals surface area contributed by atoms with Gasteiger partial charge in [-0.3, -0.25) is 0 Å². The molecule has 0 aliphatic heterocycles. The molecule has 0 saturated heterocycles. The van der Waals surface area contributed by atoms with Crippen LogP contribution in [0.15, 0.2) is 57.2 Å². The van der Waals surface area contributed by atoms with Gasteiger partial charge in [0.15, 0.2) is 5.84 Å². The van der Waals surface area contributed by atoms with Crippen molar-refractivity contribution < 1.29 is 4.52 Å². The van der Waals surface area contributed by atoms with Gasteiger partial charge in [0, 0.05) is 18.7 Å². The van der Waals surface area contributed by atoms with Crippen molar-refractivity contribution in [2.75, 3.05) is 11.9 Å². The normalized spacial score (nSPS) is 13.6. The number of para-hydroxylation sites is 1. The average Bonchev–Trinajstić information content (AvgIpc) is 3.11. The third-order valence-corrected chi connectivity index (χ3v) is 3.71. The molecule has 1 unspecified atom stereocenters. The van der Waals surface area contributed by atoms with Gasteiger partial charge in [0.25, 0.3) is 0 Å². The number of anilines is 1. The molecule has 132 valence electrons. The van der Waals surface area contributed by atoms with Crippen molar-refractivity contribution in [2.45, 2.75) is 26.2 Å². The largest absolute Gasteiger partial charge is 0.380 e. The van der Waals surface area contributed by atoms with Crippen molar-refractivity contribution in [3.63, 3.8) is 0 Å². The molecule has 1 aromatic carbocycles. The summed E-state index contributed by atoms with van der Waals surface area (Å²) in [6.45, 7) is 7.91. The topological polar surface area (TPSA) is 119 Å². The maximum atomic E-state index is 5.87. The standard InChI is InChI=1S/C17H23N7O/c1-5-11(2)16-22-15(23-25-16)14(18)21-17(19)20-12(3)24(4)13-9-7-6-8-10-13/h6-11H,3,5H2,1-2,4H3,(H4,18,19,20,21). The molecular weight excluding hydrogens is 318 g/mol. The van der Waals surface area contributed by atoms with Crippen LogP contribution in [-0.2, 0) is 0 Å². The second-order valence-corrected chi connectivity index (χ2v) is 5.54. The van der Waals surface area contributed by atoms with Gasteiger partial charge in [0.1, 0.15) is 5.82 Å². The molecule has 0 aliphatic rings. The third kappa shape index (κ3) is 4.66. The minimum atomic E-state index is -0.0415. The van der Waals surface area contributed by atoms with E-state index >= 15 is 0 Å². The number of nitrogens with zero attached hydrogens (tertiary/aromatic N) is 5. The van der Waals surface area contributed by atoms with E-state index in [4.69, 9.17) is 16.0 Å². The molecule has 25 heavy (non-hydrogen) atoms. The van der Waals surface area contributed by atoms with Crippen molar-refractivity contribution in [3.05, 3.63) is 54.4 Å². The molecule has 0 radical (unpaired) electrons. The second kappa shape index (κ2) is 8.09. The molecule has 1 aromatic heterocycles. The van der Waals surface area contributed by atoms with Gasteiger partial charge in [-0.1, -0.05) is 43.8 Å². The van der Waals surface area contributed by atoms with Crippen molar-refractivity contribution in [1.29, 1.82) is 0 Å². The Morgan fingerprint density at radius 3 is 2.60 bits per heavy atom. The van der Waals surface area contributed by atoms with Gasteiger partial charge in [-0.15, -0.1) is 0 Å². The first kappa shape index (κ1) is 18.2. The number of nitrogens with two attached hydrogens (primary N) is 2. The van der Waals surface area contributed by atoms with Gasteiger partial charge < -0.3 is 20.9 Å². The van der Waals surface area contributed by atoms with Crippen LogP contribution in [0, 0.1) is 0 Å². The molecule has 1 heterocycles. The highest BCUT2D eigenvalue weighted by atomic mass is 16.5. The lowest BCUT2D eigenvalue weighted by Gasteiger charge is -2.18. The minimum absolute atomic E-state index is 0.0368. The summed E-state index contributed by atoms with van der Waals surface area (Å²) in [5.41, 5.74) is 12.6. The van der Waals surface area contributed by atoms with Crippen LogP contribution in [-0.4, -0.2) is 29.0 Å². The summed E-state index contributed by atoms with van der Waals surface area (Å²) in [5.74, 6) is 1.28. The minimum Gasteiger partial charge on any atom is -0.380 e. The Kier molecular flexibility index (Phi) is 5.89. The van der Waals surface area contributed by atoms with Crippen LogP contribution >= 0.6 is 0 Å². The van der Waals surface area contributed by atoms with E-state index in [2.05, 4.69) is 26.7 Å². The van der Waals surface area contributed by atoms with Crippen molar-refractivity contribution in [3.8, 4) is 0 Å². The number of amidine groups is 1. The van der Waals surface area contributed by atoms with Gasteiger partial charge in [-0.05, 0) is 18.6 Å². The highest BCUT2D eigenvalue weighted by molar-refractivity contribution is 6.02. The van der Waals surface area contributed by atoms with E-state index in [-0.39, 0.29) is 23.5 Å². The Morgan fingerprint density at radius 1 is 1.28 bits per heavy atom. The number of hydrogen-bond acceptors (Lipinski definition) is 5. The average molecular weight is 341 g/mol. The summed E-state index contributed by atoms with van der Waals surface area (Å²) in [6.07, 6.45) is 0.883. The molecule has 0 aliphatic carbocycles. The fourth-order valence-electron chi connectivity index (χ4n) is 1.92. The van der Waals surface area contributed by atoms with Gasteiger partial charge in [-0.25, -0.2) is 0 Å². The van der Waals surface area contributed by atoms with Gasteiger partial charge in [-0.2, -0.15) is 15.0 Å². The van der Waals surface area contributed by atoms with Gasteiger partial charge in [0.2, 0.25) is 17.7 Å². The highest BCUT2D eigenvalue weighted by Crippen LogP contribution is 2.17. The van der Waals surface area contributed by atoms with Gasteiger partial charge in [0.05, 0.1) is 0 Å². The molecule has 1 atom stereocenters. The van der Waals surface area contributed by atoms with Crippen molar-refractivity contribution in [1.82, 2.24) is 10.1 Å². The summed E-state index contributed by atoms with van der Waals surface area (Å²) in [4.78, 5) is 14.2. The van der Waals surface area contributed by atoms with Crippen molar-refractivity contribution in [2.24, 2.45) is 21.5 Å². The van der Waals surface area contributed by atoms with Gasteiger partial charge >= 0.3 is 0 Å². The lowest BCUT2D eigenvalue weighted by Crippen LogP contribution is -2.22. The molecule has 2 rings (SSSR count). The van der Waals surface area contributed by atoms with E-state index < -0.39 is 0 Å². The fraction of sp³-hybridized carbons (Fsp3) is 0.294. The van der Waals surface area contributed by atoms with Crippen LogP contribution in [0.1, 0.15) is 37.9 Å². The molecule has 0 fully saturated rings. The SMILES string of the molecule is C=C(N=C(N)N=C(N)c1noc(C(C)CC)n1)N(C)c1ccccc1. The summed E-state index contributed by atoms with van der Waals surface area (Å²) < 4.78 is 5.17. The zero-order chi connectivity index (χ0) is 18.4. The van der Waals surface area contributed by atoms with E-state index in [0.717, 1.165) is 12.1 Å². The molecule has 0 bridgehead atoms. The number of aliphatic imine (C=N–C) groups is 2. The molecule has 0 saturated carbocycles. The molecular formula is C17H23N7O. The summed E-state index contributed by atoms with van der Waals surface area (Å²) in [6, 6.07) is 9.65. The molecule has 0 amide bonds. The monoisotopic (exact) mass is 341 g/mol. The van der Waals surface area contributed by atoms with E-state index in [1.54, 1.807) is 4.90 Å². The Bertz CT molecular complexity index is 779. The summed E-state index contributed by atoms with van der Waals surface area (Å²) in [5, 5.41) is 3.81. The summed E-state index contributed by atoms with van der Waals surface area (Å²) in [7, 11) is 1.83. The Labute approximate surface area is 146 Å². The zero-order valence-electron chi connectivity index (χ0n) is 14.7. The van der Waals surface area contributed by atoms with Crippen LogP contribution in [0.4, 0.5) is 5.69 Å². The predicted molar refractivity (Wildman–Crippen MR) is 99.3 cm³/mol. The highest BCUT2D eigenvalue weighted by Gasteiger charge is 2.15. The smallest absolute Gasteiger partial charge is 0.237 e. The lowest BCUT2D eigenvalue weighted by molar-refractivity contribution is 0.355. The Morgan fingerprint density at radius 2 is 1.96 bits per heavy atom. The number of aromatic nitrogens is 2. The Balaban J connectivity index is 2.12. The number of benzene rings is 1. The lowest BCUT2D eigenvalue weighted by atomic mass is 10.1. The molecule has 0 spiro atoms. The zero-order valence-corrected chi connectivity index (χ0v) is 14.7. The fourth-order valence-corrected chi connectivity index (χ4v) is 1.92. The first-order chi connectivity index (χ1) is 11.9. The number of hydrogen-bond donors (Lipinski definition) is 2. The Hall–Kier alpha value is -3.16. The van der Waals surface area contributed by atoms with E-state index in [9.17, 15) is 0 Å². The van der Waals surface area contributed by atoms with Crippen LogP contribution in [0.25, 0.3) is 0 Å². The number of rotatable bonds is 6. The summed E-state index contributed by atoms with van der Waals surface area (Å²) >= 11 is 0. The van der Waals surface area contributed by atoms with Crippen LogP contribution in [0.3, 0.4) is 0 Å². The van der Waals surface area contributed by atoms with Crippen LogP contribution in [0.5, 0.6) is 0 Å². The quantitative estimate of drug-likeness (QED) is 0.614. The first-order valence-electron chi connectivity index (χ1n) is 7.92. The maximum absolute atomic E-state index is 5.87. The predicted octanol–water partition coefficient (Wildman–Crippen LogP) is 2.21. The maximum Gasteiger partial charge on any atom is 0.237 e. The number of guanidine groups is 1. The second-order valence-electron chi connectivity index (χ2n) is 5.54. The van der Waals surface area contributed by atoms with E-state index in [0.29, 0.717) is 11.7 Å².